The zero-order chi connectivity index (χ0) is 16.6. The zero-order valence-corrected chi connectivity index (χ0v) is 12.9. The van der Waals surface area contributed by atoms with Crippen LogP contribution in [0.5, 0.6) is 0 Å². The third kappa shape index (κ3) is 2.62. The van der Waals surface area contributed by atoms with Gasteiger partial charge in [0.2, 0.25) is 12.3 Å². The van der Waals surface area contributed by atoms with Crippen molar-refractivity contribution >= 4 is 16.7 Å². The Morgan fingerprint density at radius 2 is 2.17 bits per heavy atom. The standard InChI is InChI=1S/C16H18N2O5/c1-22-16(23-2)14(19)7-11-10-4-3-5-12-15(10)9(8-17-12)6-13(11)18(20)21/h3-5,8,11,13,16-17H,6-7H2,1-2H3/t11-,13-/m1/s1. The van der Waals surface area contributed by atoms with Crippen LogP contribution in [-0.4, -0.2) is 42.2 Å². The molecular weight excluding hydrogens is 300 g/mol. The number of nitro groups is 1. The highest BCUT2D eigenvalue weighted by atomic mass is 16.7. The molecule has 122 valence electrons. The highest BCUT2D eigenvalue weighted by molar-refractivity contribution is 5.90. The van der Waals surface area contributed by atoms with Crippen molar-refractivity contribution in [3.05, 3.63) is 45.6 Å². The summed E-state index contributed by atoms with van der Waals surface area (Å²) in [5.74, 6) is -0.778. The molecule has 1 heterocycles. The number of H-pyrrole nitrogens is 1. The molecule has 0 saturated heterocycles. The van der Waals surface area contributed by atoms with Gasteiger partial charge in [-0.05, 0) is 17.2 Å². The van der Waals surface area contributed by atoms with Gasteiger partial charge in [-0.15, -0.1) is 0 Å². The SMILES string of the molecule is COC(OC)C(=O)C[C@@H]1c2cccc3[nH]cc(c23)C[C@H]1[N+](=O)[O-]. The van der Waals surface area contributed by atoms with Crippen LogP contribution < -0.4 is 0 Å². The Morgan fingerprint density at radius 3 is 2.83 bits per heavy atom. The minimum atomic E-state index is -0.991. The monoisotopic (exact) mass is 318 g/mol. The Kier molecular flexibility index (Phi) is 4.14. The van der Waals surface area contributed by atoms with Crippen molar-refractivity contribution in [1.82, 2.24) is 4.98 Å². The summed E-state index contributed by atoms with van der Waals surface area (Å²) >= 11 is 0. The van der Waals surface area contributed by atoms with Gasteiger partial charge in [0.25, 0.3) is 0 Å². The summed E-state index contributed by atoms with van der Waals surface area (Å²) in [6.07, 6.45) is 1.15. The van der Waals surface area contributed by atoms with Crippen LogP contribution in [0, 0.1) is 10.1 Å². The number of carbonyl (C=O) groups is 1. The molecule has 0 spiro atoms. The first-order valence-electron chi connectivity index (χ1n) is 7.37. The highest BCUT2D eigenvalue weighted by Gasteiger charge is 2.41. The quantitative estimate of drug-likeness (QED) is 0.499. The number of nitrogens with zero attached hydrogens (tertiary/aromatic N) is 1. The minimum Gasteiger partial charge on any atom is -0.361 e. The van der Waals surface area contributed by atoms with Crippen molar-refractivity contribution < 1.29 is 19.2 Å². The van der Waals surface area contributed by atoms with E-state index in [-0.39, 0.29) is 17.1 Å². The second kappa shape index (κ2) is 6.10. The second-order valence-corrected chi connectivity index (χ2v) is 5.72. The van der Waals surface area contributed by atoms with Gasteiger partial charge in [0.1, 0.15) is 0 Å². The molecule has 2 atom stereocenters. The lowest BCUT2D eigenvalue weighted by atomic mass is 9.78. The van der Waals surface area contributed by atoms with Gasteiger partial charge < -0.3 is 14.5 Å². The molecule has 1 aliphatic rings. The smallest absolute Gasteiger partial charge is 0.224 e. The number of methoxy groups -OCH3 is 2. The number of aromatic nitrogens is 1. The molecule has 0 fully saturated rings. The maximum absolute atomic E-state index is 12.3. The van der Waals surface area contributed by atoms with E-state index in [4.69, 9.17) is 9.47 Å². The number of rotatable bonds is 6. The number of hydrogen-bond acceptors (Lipinski definition) is 5. The summed E-state index contributed by atoms with van der Waals surface area (Å²) < 4.78 is 9.96. The summed E-state index contributed by atoms with van der Waals surface area (Å²) in [5, 5.41) is 12.5. The van der Waals surface area contributed by atoms with Crippen LogP contribution in [0.25, 0.3) is 10.9 Å². The van der Waals surface area contributed by atoms with E-state index in [1.807, 2.05) is 24.4 Å². The lowest BCUT2D eigenvalue weighted by Gasteiger charge is -2.27. The number of benzene rings is 1. The van der Waals surface area contributed by atoms with Crippen molar-refractivity contribution in [3.8, 4) is 0 Å². The Morgan fingerprint density at radius 1 is 1.43 bits per heavy atom. The van der Waals surface area contributed by atoms with E-state index < -0.39 is 18.2 Å². The predicted molar refractivity (Wildman–Crippen MR) is 83.0 cm³/mol. The molecule has 1 aromatic heterocycles. The molecule has 2 aromatic rings. The lowest BCUT2D eigenvalue weighted by Crippen LogP contribution is -2.36. The molecule has 0 unspecified atom stereocenters. The van der Waals surface area contributed by atoms with E-state index in [1.54, 1.807) is 0 Å². The van der Waals surface area contributed by atoms with Crippen LogP contribution in [0.15, 0.2) is 24.4 Å². The van der Waals surface area contributed by atoms with Crippen LogP contribution in [0.1, 0.15) is 23.5 Å². The molecule has 0 saturated carbocycles. The summed E-state index contributed by atoms with van der Waals surface area (Å²) in [7, 11) is 2.76. The number of aromatic amines is 1. The molecule has 1 aromatic carbocycles. The Hall–Kier alpha value is -2.25. The zero-order valence-electron chi connectivity index (χ0n) is 12.9. The number of hydrogen-bond donors (Lipinski definition) is 1. The van der Waals surface area contributed by atoms with Crippen LogP contribution in [0.4, 0.5) is 0 Å². The van der Waals surface area contributed by atoms with Gasteiger partial charge in [-0.25, -0.2) is 0 Å². The first-order chi connectivity index (χ1) is 11.1. The maximum atomic E-state index is 12.3. The van der Waals surface area contributed by atoms with Gasteiger partial charge in [0.05, 0.1) is 5.92 Å². The Labute approximate surface area is 132 Å². The fraction of sp³-hybridized carbons (Fsp3) is 0.438. The van der Waals surface area contributed by atoms with Gasteiger partial charge in [-0.1, -0.05) is 12.1 Å². The van der Waals surface area contributed by atoms with Gasteiger partial charge in [-0.2, -0.15) is 0 Å². The van der Waals surface area contributed by atoms with Gasteiger partial charge in [0.15, 0.2) is 5.78 Å². The normalized spacial score (nSPS) is 20.1. The van der Waals surface area contributed by atoms with E-state index in [2.05, 4.69) is 4.98 Å². The highest BCUT2D eigenvalue weighted by Crippen LogP contribution is 2.40. The molecule has 7 heteroatoms. The molecule has 23 heavy (non-hydrogen) atoms. The number of carbonyl (C=O) groups excluding carboxylic acids is 1. The largest absolute Gasteiger partial charge is 0.361 e. The molecule has 7 nitrogen and oxygen atoms in total. The topological polar surface area (TPSA) is 94.5 Å². The van der Waals surface area contributed by atoms with Gasteiger partial charge in [0, 0.05) is 49.1 Å². The van der Waals surface area contributed by atoms with E-state index in [0.29, 0.717) is 6.42 Å². The van der Waals surface area contributed by atoms with Gasteiger partial charge >= 0.3 is 0 Å². The summed E-state index contributed by atoms with van der Waals surface area (Å²) in [5.41, 5.74) is 2.70. The molecule has 0 bridgehead atoms. The van der Waals surface area contributed by atoms with Crippen LogP contribution in [-0.2, 0) is 20.7 Å². The molecule has 1 N–H and O–H groups in total. The van der Waals surface area contributed by atoms with Crippen LogP contribution in [0.2, 0.25) is 0 Å². The average Bonchev–Trinajstić information content (AvgIpc) is 2.95. The van der Waals surface area contributed by atoms with Gasteiger partial charge in [-0.3, -0.25) is 14.9 Å². The van der Waals surface area contributed by atoms with Crippen LogP contribution >= 0.6 is 0 Å². The Balaban J connectivity index is 2.02. The van der Waals surface area contributed by atoms with E-state index >= 15 is 0 Å². The predicted octanol–water partition coefficient (Wildman–Crippen LogP) is 2.03. The first kappa shape index (κ1) is 15.6. The molecule has 1 aliphatic carbocycles. The summed E-state index contributed by atoms with van der Waals surface area (Å²) in [6.45, 7) is 0. The number of ether oxygens (including phenoxy) is 2. The summed E-state index contributed by atoms with van der Waals surface area (Å²) in [6, 6.07) is 4.81. The van der Waals surface area contributed by atoms with E-state index in [0.717, 1.165) is 22.0 Å². The third-order valence-corrected chi connectivity index (χ3v) is 4.50. The second-order valence-electron chi connectivity index (χ2n) is 5.72. The van der Waals surface area contributed by atoms with E-state index in [1.165, 1.54) is 14.2 Å². The third-order valence-electron chi connectivity index (χ3n) is 4.50. The molecule has 0 aliphatic heterocycles. The number of ketones is 1. The van der Waals surface area contributed by atoms with Crippen molar-refractivity contribution in [2.75, 3.05) is 14.2 Å². The first-order valence-corrected chi connectivity index (χ1v) is 7.37. The number of nitrogens with one attached hydrogen (secondary N) is 1. The molecule has 0 radical (unpaired) electrons. The molecular formula is C16H18N2O5. The van der Waals surface area contributed by atoms with Crippen molar-refractivity contribution in [3.63, 3.8) is 0 Å². The van der Waals surface area contributed by atoms with Crippen molar-refractivity contribution in [2.45, 2.75) is 31.1 Å². The van der Waals surface area contributed by atoms with E-state index in [9.17, 15) is 14.9 Å². The molecule has 3 rings (SSSR count). The lowest BCUT2D eigenvalue weighted by molar-refractivity contribution is -0.526. The Bertz CT molecular complexity index is 750. The van der Waals surface area contributed by atoms with Crippen molar-refractivity contribution in [1.29, 1.82) is 0 Å². The summed E-state index contributed by atoms with van der Waals surface area (Å²) in [4.78, 5) is 26.7. The minimum absolute atomic E-state index is 0.0156. The fourth-order valence-electron chi connectivity index (χ4n) is 3.47. The number of Topliss-reactive ketones (excluding diaryl/α,β-unsaturated/α-hetero) is 1. The maximum Gasteiger partial charge on any atom is 0.224 e. The van der Waals surface area contributed by atoms with Crippen LogP contribution in [0.3, 0.4) is 0 Å². The average molecular weight is 318 g/mol. The fourth-order valence-corrected chi connectivity index (χ4v) is 3.47. The van der Waals surface area contributed by atoms with Crippen molar-refractivity contribution in [2.24, 2.45) is 0 Å². The molecule has 0 amide bonds.